The molecule has 1 aromatic carbocycles. The molecule has 0 amide bonds. The molecular formula is C10H11BrN2OS. The second-order valence-electron chi connectivity index (χ2n) is 3.33. The molecule has 0 aliphatic carbocycles. The first-order chi connectivity index (χ1) is 7.16. The summed E-state index contributed by atoms with van der Waals surface area (Å²) in [5.41, 5.74) is 6.17. The molecular weight excluding hydrogens is 276 g/mol. The molecule has 1 aliphatic heterocycles. The predicted octanol–water partition coefficient (Wildman–Crippen LogP) is 2.22. The number of hydrogen-bond acceptors (Lipinski definition) is 3. The van der Waals surface area contributed by atoms with E-state index in [1.54, 1.807) is 11.8 Å². The topological polar surface area (TPSA) is 59.1 Å². The van der Waals surface area contributed by atoms with Crippen molar-refractivity contribution >= 4 is 33.5 Å². The van der Waals surface area contributed by atoms with Crippen LogP contribution in [0.25, 0.3) is 0 Å². The molecule has 1 heterocycles. The molecule has 0 radical (unpaired) electrons. The average Bonchev–Trinajstić information content (AvgIpc) is 2.11. The molecule has 3 nitrogen and oxygen atoms in total. The lowest BCUT2D eigenvalue weighted by atomic mass is 10.2. The van der Waals surface area contributed by atoms with E-state index < -0.39 is 0 Å². The molecule has 80 valence electrons. The van der Waals surface area contributed by atoms with Crippen molar-refractivity contribution in [1.29, 1.82) is 5.41 Å². The van der Waals surface area contributed by atoms with Crippen molar-refractivity contribution < 1.29 is 4.74 Å². The summed E-state index contributed by atoms with van der Waals surface area (Å²) < 4.78 is 5.99. The first-order valence-corrected chi connectivity index (χ1v) is 6.22. The molecule has 0 spiro atoms. The van der Waals surface area contributed by atoms with Gasteiger partial charge in [-0.2, -0.15) is 0 Å². The van der Waals surface area contributed by atoms with E-state index in [4.69, 9.17) is 15.9 Å². The van der Waals surface area contributed by atoms with Crippen molar-refractivity contribution in [2.24, 2.45) is 5.73 Å². The number of ether oxygens (including phenoxy) is 1. The lowest BCUT2D eigenvalue weighted by molar-refractivity contribution is 0.0455. The van der Waals surface area contributed by atoms with E-state index in [0.717, 1.165) is 23.2 Å². The fraction of sp³-hybridized carbons (Fsp3) is 0.300. The van der Waals surface area contributed by atoms with Gasteiger partial charge in [0, 0.05) is 14.9 Å². The lowest BCUT2D eigenvalue weighted by Crippen LogP contribution is -2.30. The van der Waals surface area contributed by atoms with E-state index in [1.807, 2.05) is 18.2 Å². The largest absolute Gasteiger partial charge is 0.384 e. The van der Waals surface area contributed by atoms with Gasteiger partial charge in [-0.15, -0.1) is 11.8 Å². The first-order valence-electron chi connectivity index (χ1n) is 4.55. The minimum atomic E-state index is 0.0883. The van der Waals surface area contributed by atoms with E-state index in [2.05, 4.69) is 15.9 Å². The Hall–Kier alpha value is -0.520. The minimum Gasteiger partial charge on any atom is -0.384 e. The van der Waals surface area contributed by atoms with Crippen LogP contribution in [0, 0.1) is 5.41 Å². The zero-order valence-corrected chi connectivity index (χ0v) is 10.4. The summed E-state index contributed by atoms with van der Waals surface area (Å²) in [6, 6.07) is 5.86. The number of benzene rings is 1. The van der Waals surface area contributed by atoms with Crippen LogP contribution in [0.4, 0.5) is 0 Å². The molecule has 0 atom stereocenters. The Balaban J connectivity index is 2.13. The van der Waals surface area contributed by atoms with Gasteiger partial charge in [-0.3, -0.25) is 5.41 Å². The van der Waals surface area contributed by atoms with Crippen LogP contribution < -0.4 is 5.73 Å². The molecule has 0 bridgehead atoms. The van der Waals surface area contributed by atoms with Crippen LogP contribution in [-0.4, -0.2) is 24.3 Å². The number of amidine groups is 1. The Morgan fingerprint density at radius 1 is 1.53 bits per heavy atom. The van der Waals surface area contributed by atoms with Crippen LogP contribution in [0.1, 0.15) is 5.56 Å². The molecule has 1 saturated heterocycles. The fourth-order valence-electron chi connectivity index (χ4n) is 1.26. The van der Waals surface area contributed by atoms with Crippen molar-refractivity contribution in [3.63, 3.8) is 0 Å². The summed E-state index contributed by atoms with van der Waals surface area (Å²) in [4.78, 5) is 1.18. The molecule has 0 saturated carbocycles. The molecule has 5 heteroatoms. The zero-order valence-electron chi connectivity index (χ0n) is 8.00. The summed E-state index contributed by atoms with van der Waals surface area (Å²) >= 11 is 5.21. The number of nitrogen functional groups attached to an aromatic ring is 1. The SMILES string of the molecule is N=C(N)c1ccc(SC2COC2)cc1Br. The van der Waals surface area contributed by atoms with Gasteiger partial charge in [0.25, 0.3) is 0 Å². The predicted molar refractivity (Wildman–Crippen MR) is 65.6 cm³/mol. The van der Waals surface area contributed by atoms with Crippen molar-refractivity contribution in [2.45, 2.75) is 10.1 Å². The standard InChI is InChI=1S/C10H11BrN2OS/c11-9-3-6(15-7-4-14-5-7)1-2-8(9)10(12)13/h1-3,7H,4-5H2,(H3,12,13). The van der Waals surface area contributed by atoms with Crippen molar-refractivity contribution in [3.8, 4) is 0 Å². The number of hydrogen-bond donors (Lipinski definition) is 2. The van der Waals surface area contributed by atoms with E-state index in [9.17, 15) is 0 Å². The van der Waals surface area contributed by atoms with Crippen LogP contribution in [0.2, 0.25) is 0 Å². The van der Waals surface area contributed by atoms with E-state index in [1.165, 1.54) is 4.90 Å². The number of nitrogens with two attached hydrogens (primary N) is 1. The summed E-state index contributed by atoms with van der Waals surface area (Å²) in [7, 11) is 0. The second kappa shape index (κ2) is 4.55. The monoisotopic (exact) mass is 286 g/mol. The van der Waals surface area contributed by atoms with Gasteiger partial charge < -0.3 is 10.5 Å². The molecule has 15 heavy (non-hydrogen) atoms. The highest BCUT2D eigenvalue weighted by atomic mass is 79.9. The highest BCUT2D eigenvalue weighted by Gasteiger charge is 2.19. The first kappa shape index (κ1) is 11.0. The molecule has 1 fully saturated rings. The maximum absolute atomic E-state index is 7.36. The van der Waals surface area contributed by atoms with Crippen LogP contribution in [0.15, 0.2) is 27.6 Å². The third kappa shape index (κ3) is 2.53. The van der Waals surface area contributed by atoms with Crippen molar-refractivity contribution in [3.05, 3.63) is 28.2 Å². The Morgan fingerprint density at radius 3 is 2.73 bits per heavy atom. The third-order valence-corrected chi connectivity index (χ3v) is 3.93. The fourth-order valence-corrected chi connectivity index (χ4v) is 3.05. The van der Waals surface area contributed by atoms with Crippen LogP contribution in [0.5, 0.6) is 0 Å². The quantitative estimate of drug-likeness (QED) is 0.662. The molecule has 0 unspecified atom stereocenters. The third-order valence-electron chi connectivity index (χ3n) is 2.14. The van der Waals surface area contributed by atoms with Crippen LogP contribution in [-0.2, 0) is 4.74 Å². The summed E-state index contributed by atoms with van der Waals surface area (Å²) in [6.07, 6.45) is 0. The number of thioether (sulfide) groups is 1. The van der Waals surface area contributed by atoms with Crippen molar-refractivity contribution in [2.75, 3.05) is 13.2 Å². The van der Waals surface area contributed by atoms with E-state index in [-0.39, 0.29) is 5.84 Å². The van der Waals surface area contributed by atoms with Gasteiger partial charge >= 0.3 is 0 Å². The second-order valence-corrected chi connectivity index (χ2v) is 5.56. The molecule has 2 rings (SSSR count). The maximum atomic E-state index is 7.36. The minimum absolute atomic E-state index is 0.0883. The normalized spacial score (nSPS) is 16.1. The average molecular weight is 287 g/mol. The van der Waals surface area contributed by atoms with Gasteiger partial charge in [0.15, 0.2) is 0 Å². The maximum Gasteiger partial charge on any atom is 0.123 e. The van der Waals surface area contributed by atoms with Gasteiger partial charge in [0.05, 0.1) is 18.5 Å². The lowest BCUT2D eigenvalue weighted by Gasteiger charge is -2.25. The van der Waals surface area contributed by atoms with E-state index in [0.29, 0.717) is 5.25 Å². The number of rotatable bonds is 3. The van der Waals surface area contributed by atoms with Crippen LogP contribution >= 0.6 is 27.7 Å². The van der Waals surface area contributed by atoms with Gasteiger partial charge in [0.1, 0.15) is 5.84 Å². The zero-order chi connectivity index (χ0) is 10.8. The summed E-state index contributed by atoms with van der Waals surface area (Å²) in [6.45, 7) is 1.66. The molecule has 0 aromatic heterocycles. The van der Waals surface area contributed by atoms with E-state index >= 15 is 0 Å². The molecule has 1 aliphatic rings. The summed E-state index contributed by atoms with van der Waals surface area (Å²) in [5.74, 6) is 0.0883. The van der Waals surface area contributed by atoms with Gasteiger partial charge in [-0.1, -0.05) is 0 Å². The summed E-state index contributed by atoms with van der Waals surface area (Å²) in [5, 5.41) is 7.93. The highest BCUT2D eigenvalue weighted by molar-refractivity contribution is 9.10. The Labute approximate surface area is 101 Å². The Kier molecular flexibility index (Phi) is 3.33. The Bertz CT molecular complexity index is 393. The Morgan fingerprint density at radius 2 is 2.27 bits per heavy atom. The number of nitrogens with one attached hydrogen (secondary N) is 1. The van der Waals surface area contributed by atoms with Crippen molar-refractivity contribution in [1.82, 2.24) is 0 Å². The van der Waals surface area contributed by atoms with Crippen LogP contribution in [0.3, 0.4) is 0 Å². The molecule has 1 aromatic rings. The smallest absolute Gasteiger partial charge is 0.123 e. The van der Waals surface area contributed by atoms with Gasteiger partial charge in [-0.05, 0) is 34.1 Å². The highest BCUT2D eigenvalue weighted by Crippen LogP contribution is 2.30. The van der Waals surface area contributed by atoms with Gasteiger partial charge in [-0.25, -0.2) is 0 Å². The van der Waals surface area contributed by atoms with Gasteiger partial charge in [0.2, 0.25) is 0 Å². The number of halogens is 1. The molecule has 3 N–H and O–H groups in total.